The molecule has 132 valence electrons. The van der Waals surface area contributed by atoms with E-state index in [1.54, 1.807) is 28.7 Å². The van der Waals surface area contributed by atoms with Gasteiger partial charge in [-0.25, -0.2) is 13.2 Å². The van der Waals surface area contributed by atoms with Crippen molar-refractivity contribution in [2.24, 2.45) is 17.3 Å². The quantitative estimate of drug-likeness (QED) is 0.308. The van der Waals surface area contributed by atoms with Crippen molar-refractivity contribution in [3.05, 3.63) is 42.7 Å². The van der Waals surface area contributed by atoms with Crippen LogP contribution in [0.3, 0.4) is 0 Å². The summed E-state index contributed by atoms with van der Waals surface area (Å²) < 4.78 is 46.5. The Hall–Kier alpha value is -0.470. The molecule has 8 heteroatoms. The molecule has 24 heavy (non-hydrogen) atoms. The molecule has 1 aliphatic rings. The van der Waals surface area contributed by atoms with Gasteiger partial charge in [-0.2, -0.15) is 0 Å². The first-order chi connectivity index (χ1) is 11.0. The minimum absolute atomic E-state index is 0.0478. The molecule has 0 radical (unpaired) electrons. The second-order valence-corrected chi connectivity index (χ2v) is 8.33. The highest BCUT2D eigenvalue weighted by Crippen LogP contribution is 2.60. The molecule has 0 aromatic heterocycles. The Kier molecular flexibility index (Phi) is 5.82. The fourth-order valence-corrected chi connectivity index (χ4v) is 3.79. The van der Waals surface area contributed by atoms with Crippen LogP contribution >= 0.6 is 45.8 Å². The minimum atomic E-state index is -1.28. The number of halogens is 6. The summed E-state index contributed by atoms with van der Waals surface area (Å²) in [7, 11) is 0. The zero-order valence-corrected chi connectivity index (χ0v) is 16.7. The Morgan fingerprint density at radius 2 is 1.83 bits per heavy atom. The van der Waals surface area contributed by atoms with E-state index in [1.165, 1.54) is 0 Å². The summed E-state index contributed by atoms with van der Waals surface area (Å²) in [6, 6.07) is 0. The van der Waals surface area contributed by atoms with Gasteiger partial charge in [-0.15, -0.1) is 0 Å². The van der Waals surface area contributed by atoms with Crippen LogP contribution in [-0.4, -0.2) is 5.97 Å². The smallest absolute Gasteiger partial charge is 0.310 e. The third kappa shape index (κ3) is 3.55. The summed E-state index contributed by atoms with van der Waals surface area (Å²) in [6.45, 7) is 4.28. The average Bonchev–Trinajstić information content (AvgIpc) is 3.02. The molecule has 0 N–H and O–H groups in total. The lowest BCUT2D eigenvalue weighted by atomic mass is 10.1. The molecule has 0 aliphatic heterocycles. The molecule has 0 heterocycles. The highest BCUT2D eigenvalue weighted by atomic mass is 127. The number of ether oxygens (including phenoxy) is 1. The van der Waals surface area contributed by atoms with Crippen molar-refractivity contribution in [1.82, 2.24) is 0 Å². The fraction of sp³-hybridized carbons (Fsp3) is 0.438. The molecular weight excluding hydrogens is 479 g/mol. The van der Waals surface area contributed by atoms with E-state index in [9.17, 15) is 18.0 Å². The summed E-state index contributed by atoms with van der Waals surface area (Å²) in [4.78, 5) is 12.2. The minimum Gasteiger partial charge on any atom is -0.460 e. The van der Waals surface area contributed by atoms with Crippen molar-refractivity contribution in [2.75, 3.05) is 0 Å². The number of hydrogen-bond donors (Lipinski definition) is 0. The van der Waals surface area contributed by atoms with Crippen LogP contribution in [0.1, 0.15) is 25.0 Å². The lowest BCUT2D eigenvalue weighted by molar-refractivity contribution is -0.147. The number of hydrogen-bond acceptors (Lipinski definition) is 2. The molecule has 2 rings (SSSR count). The van der Waals surface area contributed by atoms with Crippen LogP contribution in [-0.2, 0) is 16.1 Å². The van der Waals surface area contributed by atoms with E-state index in [1.807, 2.05) is 13.8 Å². The molecule has 2 atom stereocenters. The maximum Gasteiger partial charge on any atom is 0.310 e. The predicted octanol–water partition coefficient (Wildman–Crippen LogP) is 5.65. The Morgan fingerprint density at radius 3 is 2.38 bits per heavy atom. The third-order valence-corrected chi connectivity index (χ3v) is 5.78. The van der Waals surface area contributed by atoms with Gasteiger partial charge in [-0.05, 0) is 46.9 Å². The molecule has 0 spiro atoms. The molecule has 0 unspecified atom stereocenters. The summed E-state index contributed by atoms with van der Waals surface area (Å²) in [5.74, 6) is -4.63. The van der Waals surface area contributed by atoms with Crippen molar-refractivity contribution in [3.63, 3.8) is 0 Å². The lowest BCUT2D eigenvalue weighted by Crippen LogP contribution is -2.13. The second kappa shape index (κ2) is 7.03. The van der Waals surface area contributed by atoms with E-state index in [0.29, 0.717) is 0 Å². The van der Waals surface area contributed by atoms with Gasteiger partial charge in [0.05, 0.1) is 9.49 Å². The van der Waals surface area contributed by atoms with Crippen LogP contribution in [0.4, 0.5) is 13.2 Å². The molecule has 1 saturated carbocycles. The topological polar surface area (TPSA) is 26.3 Å². The molecule has 0 saturated heterocycles. The van der Waals surface area contributed by atoms with E-state index in [4.69, 9.17) is 27.9 Å². The zero-order chi connectivity index (χ0) is 18.4. The molecule has 0 amide bonds. The van der Waals surface area contributed by atoms with Crippen LogP contribution in [0.15, 0.2) is 10.6 Å². The molecule has 0 bridgehead atoms. The van der Waals surface area contributed by atoms with Gasteiger partial charge in [0.2, 0.25) is 0 Å². The lowest BCUT2D eigenvalue weighted by Gasteiger charge is -2.12. The summed E-state index contributed by atoms with van der Waals surface area (Å²) in [6.07, 6.45) is 1.55. The van der Waals surface area contributed by atoms with Crippen molar-refractivity contribution in [3.8, 4) is 0 Å². The first-order valence-corrected chi connectivity index (χ1v) is 8.84. The Labute approximate surface area is 161 Å². The van der Waals surface area contributed by atoms with Crippen molar-refractivity contribution < 1.29 is 22.7 Å². The first-order valence-electron chi connectivity index (χ1n) is 7.01. The van der Waals surface area contributed by atoms with Crippen LogP contribution in [0.2, 0.25) is 0 Å². The molecule has 1 aromatic carbocycles. The van der Waals surface area contributed by atoms with Gasteiger partial charge in [0.25, 0.3) is 0 Å². The monoisotopic (exact) mass is 492 g/mol. The van der Waals surface area contributed by atoms with E-state index < -0.39 is 46.9 Å². The van der Waals surface area contributed by atoms with Crippen LogP contribution in [0.25, 0.3) is 0 Å². The normalized spacial score (nSPS) is 21.4. The third-order valence-electron chi connectivity index (χ3n) is 4.40. The summed E-state index contributed by atoms with van der Waals surface area (Å²) >= 11 is 12.8. The average molecular weight is 493 g/mol. The standard InChI is InChI=1S/C16H14Cl2F3IO2/c1-6-11(19)13(21)7(14(22)12(6)20)5-24-15(23)10-8(4-9(17)18)16(10,2)3/h4,8,10H,5H2,1-3H3/t8-,10+/m1/s1. The van der Waals surface area contributed by atoms with Gasteiger partial charge >= 0.3 is 5.97 Å². The number of carbonyl (C=O) groups excluding carboxylic acids is 1. The Bertz CT molecular complexity index is 702. The fourth-order valence-electron chi connectivity index (χ4n) is 2.72. The van der Waals surface area contributed by atoms with Crippen molar-refractivity contribution >= 4 is 51.8 Å². The van der Waals surface area contributed by atoms with E-state index in [2.05, 4.69) is 0 Å². The van der Waals surface area contributed by atoms with Crippen LogP contribution < -0.4 is 0 Å². The molecular formula is C16H14Cl2F3IO2. The van der Waals surface area contributed by atoms with Crippen molar-refractivity contribution in [2.45, 2.75) is 27.4 Å². The number of allylic oxidation sites excluding steroid dienone is 1. The van der Waals surface area contributed by atoms with Crippen molar-refractivity contribution in [1.29, 1.82) is 0 Å². The van der Waals surface area contributed by atoms with Gasteiger partial charge in [-0.1, -0.05) is 37.0 Å². The summed E-state index contributed by atoms with van der Waals surface area (Å²) in [5.41, 5.74) is -1.12. The zero-order valence-electron chi connectivity index (χ0n) is 13.0. The highest BCUT2D eigenvalue weighted by Gasteiger charge is 2.61. The van der Waals surface area contributed by atoms with Crippen LogP contribution in [0.5, 0.6) is 0 Å². The van der Waals surface area contributed by atoms with Gasteiger partial charge < -0.3 is 4.74 Å². The van der Waals surface area contributed by atoms with Gasteiger partial charge in [0.15, 0.2) is 11.6 Å². The largest absolute Gasteiger partial charge is 0.460 e. The Balaban J connectivity index is 2.16. The predicted molar refractivity (Wildman–Crippen MR) is 94.1 cm³/mol. The van der Waals surface area contributed by atoms with E-state index in [0.717, 1.165) is 6.92 Å². The Morgan fingerprint density at radius 1 is 1.25 bits per heavy atom. The maximum absolute atomic E-state index is 14.0. The maximum atomic E-state index is 14.0. The second-order valence-electron chi connectivity index (χ2n) is 6.25. The number of benzene rings is 1. The highest BCUT2D eigenvalue weighted by molar-refractivity contribution is 14.1. The van der Waals surface area contributed by atoms with E-state index >= 15 is 0 Å². The molecule has 1 aromatic rings. The summed E-state index contributed by atoms with van der Waals surface area (Å²) in [5, 5.41) is 0. The van der Waals surface area contributed by atoms with E-state index in [-0.39, 0.29) is 19.5 Å². The van der Waals surface area contributed by atoms with Crippen LogP contribution in [0, 0.1) is 45.2 Å². The molecule has 1 aliphatic carbocycles. The molecule has 1 fully saturated rings. The number of esters is 1. The number of rotatable bonds is 4. The van der Waals surface area contributed by atoms with Gasteiger partial charge in [0.1, 0.15) is 16.9 Å². The van der Waals surface area contributed by atoms with Gasteiger partial charge in [0, 0.05) is 11.1 Å². The van der Waals surface area contributed by atoms with Gasteiger partial charge in [-0.3, -0.25) is 4.79 Å². The number of carbonyl (C=O) groups is 1. The molecule has 2 nitrogen and oxygen atoms in total. The SMILES string of the molecule is Cc1c(F)c(F)c(COC(=O)[C@@H]2[C@@H](C=C(Cl)Cl)C2(C)C)c(I)c1F. The first kappa shape index (κ1) is 19.8.